The second-order valence-electron chi connectivity index (χ2n) is 4.33. The molecule has 0 radical (unpaired) electrons. The fraction of sp³-hybridized carbons (Fsp3) is 0.900. The lowest BCUT2D eigenvalue weighted by molar-refractivity contribution is -0.130. The van der Waals surface area contributed by atoms with Gasteiger partial charge in [-0.3, -0.25) is 4.79 Å². The van der Waals surface area contributed by atoms with E-state index in [2.05, 4.69) is 0 Å². The third-order valence-electron chi connectivity index (χ3n) is 2.26. The summed E-state index contributed by atoms with van der Waals surface area (Å²) < 4.78 is 4.96. The number of hydrogen-bond acceptors (Lipinski definition) is 3. The number of ketones is 1. The Hall–Kier alpha value is -0.410. The first-order chi connectivity index (χ1) is 5.89. The Balaban J connectivity index is 3.84. The van der Waals surface area contributed by atoms with Gasteiger partial charge in [0, 0.05) is 5.92 Å². The smallest absolute Gasteiger partial charge is 0.161 e. The number of aliphatic hydroxyl groups is 1. The standard InChI is InChI=1S/C10H20O3/c1-8(10(2,3)4)9(12)7-13-6-5-11/h8,11H,5-7H2,1-4H3. The van der Waals surface area contributed by atoms with Crippen molar-refractivity contribution in [2.45, 2.75) is 27.7 Å². The number of rotatable bonds is 5. The molecule has 0 aliphatic carbocycles. The lowest BCUT2D eigenvalue weighted by atomic mass is 9.80. The van der Waals surface area contributed by atoms with Gasteiger partial charge in [0.2, 0.25) is 0 Å². The van der Waals surface area contributed by atoms with Gasteiger partial charge in [0.1, 0.15) is 6.61 Å². The third kappa shape index (κ3) is 5.01. The minimum absolute atomic E-state index is 0.00815. The van der Waals surface area contributed by atoms with Crippen LogP contribution in [0.25, 0.3) is 0 Å². The number of carbonyl (C=O) groups is 1. The van der Waals surface area contributed by atoms with E-state index in [0.29, 0.717) is 0 Å². The van der Waals surface area contributed by atoms with E-state index in [1.54, 1.807) is 0 Å². The van der Waals surface area contributed by atoms with Gasteiger partial charge in [0.15, 0.2) is 5.78 Å². The van der Waals surface area contributed by atoms with Crippen molar-refractivity contribution in [2.75, 3.05) is 19.8 Å². The first kappa shape index (κ1) is 12.6. The fourth-order valence-corrected chi connectivity index (χ4v) is 0.845. The second kappa shape index (κ2) is 5.35. The number of Topliss-reactive ketones (excluding diaryl/α,β-unsaturated/α-hetero) is 1. The maximum absolute atomic E-state index is 11.5. The van der Waals surface area contributed by atoms with E-state index in [4.69, 9.17) is 9.84 Å². The van der Waals surface area contributed by atoms with Crippen LogP contribution in [-0.4, -0.2) is 30.7 Å². The molecule has 1 atom stereocenters. The van der Waals surface area contributed by atoms with Crippen molar-refractivity contribution in [3.8, 4) is 0 Å². The van der Waals surface area contributed by atoms with Crippen LogP contribution in [0.3, 0.4) is 0 Å². The Labute approximate surface area is 80.1 Å². The lowest BCUT2D eigenvalue weighted by Gasteiger charge is -2.25. The van der Waals surface area contributed by atoms with Crippen molar-refractivity contribution >= 4 is 5.78 Å². The van der Waals surface area contributed by atoms with Crippen LogP contribution in [0, 0.1) is 11.3 Å². The Morgan fingerprint density at radius 3 is 2.38 bits per heavy atom. The molecular weight excluding hydrogens is 168 g/mol. The van der Waals surface area contributed by atoms with Crippen molar-refractivity contribution in [3.05, 3.63) is 0 Å². The molecule has 3 heteroatoms. The van der Waals surface area contributed by atoms with Crippen molar-refractivity contribution in [3.63, 3.8) is 0 Å². The molecule has 1 unspecified atom stereocenters. The number of carbonyl (C=O) groups excluding carboxylic acids is 1. The van der Waals surface area contributed by atoms with E-state index in [9.17, 15) is 4.79 Å². The molecule has 0 saturated carbocycles. The summed E-state index contributed by atoms with van der Waals surface area (Å²) in [5.41, 5.74) is -0.0142. The summed E-state index contributed by atoms with van der Waals surface area (Å²) in [5.74, 6) is 0.0899. The van der Waals surface area contributed by atoms with E-state index >= 15 is 0 Å². The van der Waals surface area contributed by atoms with Crippen LogP contribution in [0.4, 0.5) is 0 Å². The van der Waals surface area contributed by atoms with Crippen LogP contribution in [-0.2, 0) is 9.53 Å². The molecule has 1 N–H and O–H groups in total. The average Bonchev–Trinajstić information content (AvgIpc) is 2.01. The van der Waals surface area contributed by atoms with Crippen molar-refractivity contribution in [2.24, 2.45) is 11.3 Å². The predicted molar refractivity (Wildman–Crippen MR) is 51.5 cm³/mol. The average molecular weight is 188 g/mol. The Morgan fingerprint density at radius 1 is 1.46 bits per heavy atom. The van der Waals surface area contributed by atoms with Crippen molar-refractivity contribution in [1.82, 2.24) is 0 Å². The zero-order chi connectivity index (χ0) is 10.5. The summed E-state index contributed by atoms with van der Waals surface area (Å²) in [6.07, 6.45) is 0. The monoisotopic (exact) mass is 188 g/mol. The number of hydrogen-bond donors (Lipinski definition) is 1. The van der Waals surface area contributed by atoms with Crippen LogP contribution in [0.1, 0.15) is 27.7 Å². The van der Waals surface area contributed by atoms with Gasteiger partial charge < -0.3 is 9.84 Å². The highest BCUT2D eigenvalue weighted by Crippen LogP contribution is 2.25. The Bertz CT molecular complexity index is 158. The topological polar surface area (TPSA) is 46.5 Å². The summed E-state index contributed by atoms with van der Waals surface area (Å²) in [7, 11) is 0. The molecule has 0 aliphatic rings. The molecule has 0 heterocycles. The van der Waals surface area contributed by atoms with E-state index < -0.39 is 0 Å². The van der Waals surface area contributed by atoms with Gasteiger partial charge in [0.05, 0.1) is 13.2 Å². The minimum Gasteiger partial charge on any atom is -0.394 e. The lowest BCUT2D eigenvalue weighted by Crippen LogP contribution is -2.29. The van der Waals surface area contributed by atoms with Gasteiger partial charge in [-0.2, -0.15) is 0 Å². The summed E-state index contributed by atoms with van der Waals surface area (Å²) >= 11 is 0. The minimum atomic E-state index is -0.0306. The maximum atomic E-state index is 11.5. The summed E-state index contributed by atoms with van der Waals surface area (Å²) in [6, 6.07) is 0. The summed E-state index contributed by atoms with van der Waals surface area (Å²) in [4.78, 5) is 11.5. The van der Waals surface area contributed by atoms with Gasteiger partial charge in [-0.15, -0.1) is 0 Å². The zero-order valence-electron chi connectivity index (χ0n) is 8.96. The zero-order valence-corrected chi connectivity index (χ0v) is 8.96. The Kier molecular flexibility index (Phi) is 5.18. The molecule has 3 nitrogen and oxygen atoms in total. The van der Waals surface area contributed by atoms with Crippen LogP contribution >= 0.6 is 0 Å². The molecule has 78 valence electrons. The fourth-order valence-electron chi connectivity index (χ4n) is 0.845. The van der Waals surface area contributed by atoms with Crippen molar-refractivity contribution in [1.29, 1.82) is 0 Å². The number of aliphatic hydroxyl groups excluding tert-OH is 1. The molecule has 0 aromatic rings. The molecule has 0 saturated heterocycles. The van der Waals surface area contributed by atoms with Gasteiger partial charge in [-0.25, -0.2) is 0 Å². The predicted octanol–water partition coefficient (Wildman–Crippen LogP) is 1.25. The molecule has 13 heavy (non-hydrogen) atoms. The van der Waals surface area contributed by atoms with E-state index in [1.165, 1.54) is 0 Å². The van der Waals surface area contributed by atoms with Crippen LogP contribution in [0.2, 0.25) is 0 Å². The van der Waals surface area contributed by atoms with Crippen LogP contribution in [0.15, 0.2) is 0 Å². The second-order valence-corrected chi connectivity index (χ2v) is 4.33. The maximum Gasteiger partial charge on any atom is 0.161 e. The highest BCUT2D eigenvalue weighted by atomic mass is 16.5. The normalized spacial score (nSPS) is 14.2. The van der Waals surface area contributed by atoms with Crippen LogP contribution < -0.4 is 0 Å². The summed E-state index contributed by atoms with van der Waals surface area (Å²) in [5, 5.41) is 8.44. The number of ether oxygens (including phenoxy) is 1. The van der Waals surface area contributed by atoms with Gasteiger partial charge >= 0.3 is 0 Å². The molecular formula is C10H20O3. The van der Waals surface area contributed by atoms with Gasteiger partial charge in [-0.05, 0) is 5.41 Å². The third-order valence-corrected chi connectivity index (χ3v) is 2.26. The Morgan fingerprint density at radius 2 is 2.00 bits per heavy atom. The molecule has 0 spiro atoms. The van der Waals surface area contributed by atoms with E-state index in [1.807, 2.05) is 27.7 Å². The largest absolute Gasteiger partial charge is 0.394 e. The molecule has 0 fully saturated rings. The SMILES string of the molecule is CC(C(=O)COCCO)C(C)(C)C. The van der Waals surface area contributed by atoms with E-state index in [0.717, 1.165) is 0 Å². The van der Waals surface area contributed by atoms with Crippen molar-refractivity contribution < 1.29 is 14.6 Å². The molecule has 0 aromatic heterocycles. The van der Waals surface area contributed by atoms with E-state index in [-0.39, 0.29) is 36.9 Å². The first-order valence-corrected chi connectivity index (χ1v) is 4.61. The molecule has 0 aliphatic heterocycles. The summed E-state index contributed by atoms with van der Waals surface area (Å²) in [6.45, 7) is 8.31. The first-order valence-electron chi connectivity index (χ1n) is 4.61. The highest BCUT2D eigenvalue weighted by Gasteiger charge is 2.26. The molecule has 0 aromatic carbocycles. The van der Waals surface area contributed by atoms with Gasteiger partial charge in [0.25, 0.3) is 0 Å². The quantitative estimate of drug-likeness (QED) is 0.660. The van der Waals surface area contributed by atoms with Crippen LogP contribution in [0.5, 0.6) is 0 Å². The molecule has 0 amide bonds. The molecule has 0 bridgehead atoms. The molecule has 0 rings (SSSR count). The van der Waals surface area contributed by atoms with Gasteiger partial charge in [-0.1, -0.05) is 27.7 Å². The highest BCUT2D eigenvalue weighted by molar-refractivity contribution is 5.82.